The Balaban J connectivity index is 1.71. The lowest BCUT2D eigenvalue weighted by molar-refractivity contribution is -0.160. The second-order valence-corrected chi connectivity index (χ2v) is 10.5. The van der Waals surface area contributed by atoms with E-state index in [0.29, 0.717) is 30.6 Å². The Hall–Kier alpha value is -4.23. The summed E-state index contributed by atoms with van der Waals surface area (Å²) in [6.45, 7) is 4.51. The molecule has 1 aliphatic rings. The number of hydrogen-bond donors (Lipinski definition) is 2. The molecule has 6 nitrogen and oxygen atoms in total. The molecule has 206 valence electrons. The van der Waals surface area contributed by atoms with Crippen molar-refractivity contribution in [3.63, 3.8) is 0 Å². The van der Waals surface area contributed by atoms with E-state index in [9.17, 15) is 19.1 Å². The molecule has 1 aromatic heterocycles. The number of carbonyl (C=O) groups excluding carboxylic acids is 2. The van der Waals surface area contributed by atoms with Crippen molar-refractivity contribution in [1.29, 1.82) is 0 Å². The minimum atomic E-state index is -0.732. The number of benzene rings is 3. The van der Waals surface area contributed by atoms with Gasteiger partial charge in [-0.25, -0.2) is 4.39 Å². The van der Waals surface area contributed by atoms with Gasteiger partial charge in [-0.15, -0.1) is 0 Å². The highest BCUT2D eigenvalue weighted by atomic mass is 19.1. The number of carbonyl (C=O) groups is 2. The number of aliphatic hydroxyl groups is 1. The maximum absolute atomic E-state index is 14.1. The second kappa shape index (κ2) is 11.9. The number of esters is 1. The van der Waals surface area contributed by atoms with Crippen LogP contribution in [0.2, 0.25) is 0 Å². The van der Waals surface area contributed by atoms with Gasteiger partial charge in [0.25, 0.3) is 5.91 Å². The zero-order chi connectivity index (χ0) is 28.2. The predicted octanol–water partition coefficient (Wildman–Crippen LogP) is 6.79. The lowest BCUT2D eigenvalue weighted by Gasteiger charge is -2.27. The summed E-state index contributed by atoms with van der Waals surface area (Å²) in [6, 6.07) is 25.3. The number of hydrogen-bond acceptors (Lipinski definition) is 4. The van der Waals surface area contributed by atoms with E-state index in [-0.39, 0.29) is 24.1 Å². The number of nitrogens with one attached hydrogen (secondary N) is 1. The quantitative estimate of drug-likeness (QED) is 0.241. The van der Waals surface area contributed by atoms with Crippen molar-refractivity contribution >= 4 is 17.6 Å². The van der Waals surface area contributed by atoms with Gasteiger partial charge in [0, 0.05) is 36.3 Å². The first-order valence-electron chi connectivity index (χ1n) is 13.6. The van der Waals surface area contributed by atoms with Crippen molar-refractivity contribution in [1.82, 2.24) is 4.57 Å². The van der Waals surface area contributed by atoms with Gasteiger partial charge in [-0.05, 0) is 53.4 Å². The minimum Gasteiger partial charge on any atom is -0.462 e. The molecule has 1 saturated heterocycles. The average Bonchev–Trinajstić information content (AvgIpc) is 3.28. The maximum Gasteiger partial charge on any atom is 0.308 e. The molecule has 40 heavy (non-hydrogen) atoms. The molecule has 4 aromatic rings. The Labute approximate surface area is 233 Å². The highest BCUT2D eigenvalue weighted by molar-refractivity contribution is 6.12. The molecular weight excluding hydrogens is 507 g/mol. The van der Waals surface area contributed by atoms with Crippen molar-refractivity contribution in [3.8, 4) is 22.4 Å². The Morgan fingerprint density at radius 3 is 2.27 bits per heavy atom. The van der Waals surface area contributed by atoms with Crippen molar-refractivity contribution < 1.29 is 23.8 Å². The van der Waals surface area contributed by atoms with E-state index in [4.69, 9.17) is 4.74 Å². The number of aromatic nitrogens is 1. The Morgan fingerprint density at radius 2 is 1.65 bits per heavy atom. The van der Waals surface area contributed by atoms with Gasteiger partial charge >= 0.3 is 5.97 Å². The fourth-order valence-electron chi connectivity index (χ4n) is 5.52. The van der Waals surface area contributed by atoms with E-state index in [0.717, 1.165) is 28.1 Å². The largest absolute Gasteiger partial charge is 0.462 e. The summed E-state index contributed by atoms with van der Waals surface area (Å²) in [6.07, 6.45) is -0.354. The standard InChI is InChI=1S/C33H33FN2O4/c1-21(2)31-30(33(39)35-25-11-7-4-8-12-25)29(22-9-5-3-6-10-22)32(23-13-15-24(34)16-14-23)36(31)18-17-27-19-26(37)20-28(38)40-27/h3-16,21,26-27,37H,17-20H2,1-2H3,(H,35,39)/t26?,27-/m1/s1. The highest BCUT2D eigenvalue weighted by Gasteiger charge is 2.32. The van der Waals surface area contributed by atoms with Crippen LogP contribution in [0.25, 0.3) is 22.4 Å². The van der Waals surface area contributed by atoms with E-state index < -0.39 is 18.2 Å². The van der Waals surface area contributed by atoms with Gasteiger partial charge in [-0.3, -0.25) is 9.59 Å². The molecule has 1 fully saturated rings. The number of ether oxygens (including phenoxy) is 1. The lowest BCUT2D eigenvalue weighted by atomic mass is 9.94. The van der Waals surface area contributed by atoms with Crippen LogP contribution in [-0.2, 0) is 16.1 Å². The van der Waals surface area contributed by atoms with Gasteiger partial charge in [-0.1, -0.05) is 62.4 Å². The fraction of sp³-hybridized carbons (Fsp3) is 0.273. The van der Waals surface area contributed by atoms with Crippen LogP contribution in [0.15, 0.2) is 84.9 Å². The van der Waals surface area contributed by atoms with Gasteiger partial charge < -0.3 is 19.7 Å². The van der Waals surface area contributed by atoms with Crippen LogP contribution in [0, 0.1) is 5.82 Å². The molecule has 2 heterocycles. The van der Waals surface area contributed by atoms with Crippen LogP contribution in [0.5, 0.6) is 0 Å². The monoisotopic (exact) mass is 540 g/mol. The molecule has 2 atom stereocenters. The number of amides is 1. The molecule has 0 radical (unpaired) electrons. The SMILES string of the molecule is CC(C)c1c(C(=O)Nc2ccccc2)c(-c2ccccc2)c(-c2ccc(F)cc2)n1CC[C@@H]1CC(O)CC(=O)O1. The molecule has 2 N–H and O–H groups in total. The van der Waals surface area contributed by atoms with Crippen molar-refractivity contribution in [2.24, 2.45) is 0 Å². The normalized spacial score (nSPS) is 17.1. The van der Waals surface area contributed by atoms with E-state index in [1.54, 1.807) is 12.1 Å². The number of cyclic esters (lactones) is 1. The smallest absolute Gasteiger partial charge is 0.308 e. The molecule has 7 heteroatoms. The van der Waals surface area contributed by atoms with Gasteiger partial charge in [-0.2, -0.15) is 0 Å². The molecule has 0 spiro atoms. The summed E-state index contributed by atoms with van der Waals surface area (Å²) in [5.41, 5.74) is 5.22. The van der Waals surface area contributed by atoms with E-state index >= 15 is 0 Å². The first kappa shape index (κ1) is 27.3. The summed E-state index contributed by atoms with van der Waals surface area (Å²) >= 11 is 0. The van der Waals surface area contributed by atoms with E-state index in [2.05, 4.69) is 9.88 Å². The van der Waals surface area contributed by atoms with Crippen molar-refractivity contribution in [2.75, 3.05) is 5.32 Å². The van der Waals surface area contributed by atoms with Crippen LogP contribution >= 0.6 is 0 Å². The molecule has 5 rings (SSSR count). The summed E-state index contributed by atoms with van der Waals surface area (Å²) < 4.78 is 21.7. The number of aliphatic hydroxyl groups excluding tert-OH is 1. The molecule has 1 unspecified atom stereocenters. The summed E-state index contributed by atoms with van der Waals surface area (Å²) in [7, 11) is 0. The number of nitrogens with zero attached hydrogens (tertiary/aromatic N) is 1. The third-order valence-corrected chi connectivity index (χ3v) is 7.20. The minimum absolute atomic E-state index is 0.0000536. The van der Waals surface area contributed by atoms with E-state index in [1.807, 2.05) is 74.5 Å². The number of rotatable bonds is 8. The molecule has 1 aliphatic heterocycles. The number of para-hydroxylation sites is 1. The molecule has 3 aromatic carbocycles. The van der Waals surface area contributed by atoms with Crippen LogP contribution in [-0.4, -0.2) is 33.8 Å². The predicted molar refractivity (Wildman–Crippen MR) is 153 cm³/mol. The number of anilines is 1. The van der Waals surface area contributed by atoms with Gasteiger partial charge in [0.05, 0.1) is 23.8 Å². The molecular formula is C33H33FN2O4. The first-order chi connectivity index (χ1) is 19.3. The third-order valence-electron chi connectivity index (χ3n) is 7.20. The van der Waals surface area contributed by atoms with Crippen LogP contribution in [0.1, 0.15) is 55.1 Å². The Kier molecular flexibility index (Phi) is 8.12. The van der Waals surface area contributed by atoms with Crippen molar-refractivity contribution in [2.45, 2.75) is 57.8 Å². The molecule has 1 amide bonds. The molecule has 0 aliphatic carbocycles. The van der Waals surface area contributed by atoms with Crippen molar-refractivity contribution in [3.05, 3.63) is 102 Å². The summed E-state index contributed by atoms with van der Waals surface area (Å²) in [4.78, 5) is 26.1. The van der Waals surface area contributed by atoms with Gasteiger partial charge in [0.15, 0.2) is 0 Å². The van der Waals surface area contributed by atoms with Gasteiger partial charge in [0.2, 0.25) is 0 Å². The summed E-state index contributed by atoms with van der Waals surface area (Å²) in [5.74, 6) is -1.05. The second-order valence-electron chi connectivity index (χ2n) is 10.5. The topological polar surface area (TPSA) is 80.6 Å². The molecule has 0 bridgehead atoms. The van der Waals surface area contributed by atoms with Crippen LogP contribution in [0.4, 0.5) is 10.1 Å². The zero-order valence-electron chi connectivity index (χ0n) is 22.6. The van der Waals surface area contributed by atoms with Gasteiger partial charge in [0.1, 0.15) is 11.9 Å². The zero-order valence-corrected chi connectivity index (χ0v) is 22.6. The Bertz CT molecular complexity index is 1480. The first-order valence-corrected chi connectivity index (χ1v) is 13.6. The molecule has 0 saturated carbocycles. The number of halogens is 1. The van der Waals surface area contributed by atoms with Crippen LogP contribution < -0.4 is 5.32 Å². The third kappa shape index (κ3) is 5.84. The van der Waals surface area contributed by atoms with E-state index in [1.165, 1.54) is 12.1 Å². The maximum atomic E-state index is 14.1. The lowest BCUT2D eigenvalue weighted by Crippen LogP contribution is -2.33. The fourth-order valence-corrected chi connectivity index (χ4v) is 5.52. The highest BCUT2D eigenvalue weighted by Crippen LogP contribution is 2.42. The Morgan fingerprint density at radius 1 is 1.00 bits per heavy atom. The van der Waals surface area contributed by atoms with Crippen LogP contribution in [0.3, 0.4) is 0 Å². The average molecular weight is 541 g/mol. The summed E-state index contributed by atoms with van der Waals surface area (Å²) in [5, 5.41) is 13.2.